The van der Waals surface area contributed by atoms with E-state index in [9.17, 15) is 24.3 Å². The van der Waals surface area contributed by atoms with Crippen LogP contribution in [0.5, 0.6) is 0 Å². The van der Waals surface area contributed by atoms with Gasteiger partial charge in [0.25, 0.3) is 0 Å². The number of aliphatic hydroxyl groups excluding tert-OH is 1. The third-order valence-electron chi connectivity index (χ3n) is 6.48. The molecular weight excluding hydrogens is 562 g/mol. The van der Waals surface area contributed by atoms with Crippen LogP contribution in [0.1, 0.15) is 69.8 Å². The van der Waals surface area contributed by atoms with Gasteiger partial charge in [0.2, 0.25) is 11.8 Å². The molecule has 3 N–H and O–H groups in total. The largest absolute Gasteiger partial charge is 0.458 e. The number of hydrogen-bond donors (Lipinski definition) is 3. The van der Waals surface area contributed by atoms with Crippen molar-refractivity contribution < 1.29 is 33.8 Å². The third kappa shape index (κ3) is 11.1. The quantitative estimate of drug-likeness (QED) is 0.241. The first-order valence-corrected chi connectivity index (χ1v) is 14.6. The van der Waals surface area contributed by atoms with Gasteiger partial charge >= 0.3 is 12.1 Å². The molecule has 3 amide bonds. The van der Waals surface area contributed by atoms with Crippen LogP contribution < -0.4 is 10.6 Å². The van der Waals surface area contributed by atoms with E-state index in [2.05, 4.69) is 17.2 Å². The summed E-state index contributed by atoms with van der Waals surface area (Å²) >= 11 is 0. The van der Waals surface area contributed by atoms with E-state index < -0.39 is 59.8 Å². The molecule has 10 nitrogen and oxygen atoms in total. The summed E-state index contributed by atoms with van der Waals surface area (Å²) in [6.07, 6.45) is 0.690. The topological polar surface area (TPSA) is 134 Å². The molecule has 44 heavy (non-hydrogen) atoms. The normalized spacial score (nSPS) is 13.6. The molecule has 0 fully saturated rings. The van der Waals surface area contributed by atoms with Gasteiger partial charge in [0.15, 0.2) is 0 Å². The van der Waals surface area contributed by atoms with E-state index in [-0.39, 0.29) is 13.0 Å². The van der Waals surface area contributed by atoms with E-state index in [1.54, 1.807) is 53.7 Å². The van der Waals surface area contributed by atoms with Crippen LogP contribution in [0.2, 0.25) is 0 Å². The summed E-state index contributed by atoms with van der Waals surface area (Å²) < 4.78 is 10.9. The Bertz CT molecular complexity index is 1310. The van der Waals surface area contributed by atoms with Crippen LogP contribution in [0.25, 0.3) is 0 Å². The number of esters is 1. The number of nitrogens with zero attached hydrogens (tertiary/aromatic N) is 1. The average Bonchev–Trinajstić information content (AvgIpc) is 2.91. The minimum atomic E-state index is -1.42. The van der Waals surface area contributed by atoms with Gasteiger partial charge in [0.05, 0.1) is 6.61 Å². The van der Waals surface area contributed by atoms with Crippen LogP contribution in [-0.4, -0.2) is 70.3 Å². The lowest BCUT2D eigenvalue weighted by Gasteiger charge is -2.34. The van der Waals surface area contributed by atoms with E-state index in [0.717, 1.165) is 16.7 Å². The zero-order valence-corrected chi connectivity index (χ0v) is 27.1. The molecule has 0 saturated heterocycles. The van der Waals surface area contributed by atoms with Crippen LogP contribution in [0.3, 0.4) is 0 Å². The van der Waals surface area contributed by atoms with Gasteiger partial charge in [-0.15, -0.1) is 6.58 Å². The number of carbonyl (C=O) groups excluding carboxylic acids is 4. The predicted octanol–water partition coefficient (Wildman–Crippen LogP) is 4.31. The fraction of sp³-hybridized carbons (Fsp3) is 0.471. The van der Waals surface area contributed by atoms with E-state index in [1.165, 1.54) is 11.0 Å². The standard InChI is InChI=1S/C34H47N3O7/c1-10-18-37(30(40)27(21-38)36-32(42)44-34(7,8)9)28(25-17-16-22(2)23(3)19-25)29(39)35-26(31(41)43-33(4,5)6)20-24-14-12-11-13-15-24/h10-17,19,26-28,38H,1,18,20-21H2,2-9H3,(H,35,39)(H,36,42). The average molecular weight is 610 g/mol. The number of nitrogens with one attached hydrogen (secondary N) is 2. The molecule has 0 aromatic heterocycles. The molecule has 3 atom stereocenters. The van der Waals surface area contributed by atoms with E-state index >= 15 is 0 Å². The number of aliphatic hydroxyl groups is 1. The summed E-state index contributed by atoms with van der Waals surface area (Å²) in [6, 6.07) is 10.8. The number of rotatable bonds is 12. The number of benzene rings is 2. The maximum atomic E-state index is 14.2. The lowest BCUT2D eigenvalue weighted by Crippen LogP contribution is -2.56. The third-order valence-corrected chi connectivity index (χ3v) is 6.48. The second-order valence-electron chi connectivity index (χ2n) is 12.7. The van der Waals surface area contributed by atoms with Gasteiger partial charge in [-0.2, -0.15) is 0 Å². The van der Waals surface area contributed by atoms with Gasteiger partial charge < -0.3 is 30.1 Å². The van der Waals surface area contributed by atoms with Crippen molar-refractivity contribution >= 4 is 23.9 Å². The van der Waals surface area contributed by atoms with Crippen LogP contribution in [0.4, 0.5) is 4.79 Å². The second-order valence-corrected chi connectivity index (χ2v) is 12.7. The number of hydrogen-bond acceptors (Lipinski definition) is 7. The number of alkyl carbamates (subject to hydrolysis) is 1. The monoisotopic (exact) mass is 609 g/mol. The summed E-state index contributed by atoms with van der Waals surface area (Å²) in [5.74, 6) is -2.02. The van der Waals surface area contributed by atoms with Crippen LogP contribution in [0, 0.1) is 13.8 Å². The zero-order chi connectivity index (χ0) is 33.2. The highest BCUT2D eigenvalue weighted by Gasteiger charge is 2.38. The molecule has 0 radical (unpaired) electrons. The lowest BCUT2D eigenvalue weighted by atomic mass is 9.97. The molecule has 0 aliphatic carbocycles. The van der Waals surface area contributed by atoms with Crippen molar-refractivity contribution in [3.05, 3.63) is 83.4 Å². The number of carbonyl (C=O) groups is 4. The Morgan fingerprint density at radius 1 is 0.886 bits per heavy atom. The summed E-state index contributed by atoms with van der Waals surface area (Å²) in [5.41, 5.74) is 1.47. The summed E-state index contributed by atoms with van der Waals surface area (Å²) in [5, 5.41) is 15.3. The van der Waals surface area contributed by atoms with Gasteiger partial charge in [-0.25, -0.2) is 9.59 Å². The molecule has 240 valence electrons. The number of ether oxygens (including phenoxy) is 2. The Hall–Kier alpha value is -4.18. The maximum Gasteiger partial charge on any atom is 0.408 e. The van der Waals surface area contributed by atoms with Crippen molar-refractivity contribution in [1.29, 1.82) is 0 Å². The lowest BCUT2D eigenvalue weighted by molar-refractivity contribution is -0.159. The molecule has 0 heterocycles. The summed E-state index contributed by atoms with van der Waals surface area (Å²) in [7, 11) is 0. The van der Waals surface area contributed by atoms with E-state index in [4.69, 9.17) is 9.47 Å². The first-order chi connectivity index (χ1) is 20.5. The highest BCUT2D eigenvalue weighted by molar-refractivity contribution is 5.94. The van der Waals surface area contributed by atoms with Gasteiger partial charge in [-0.05, 0) is 77.6 Å². The predicted molar refractivity (Wildman–Crippen MR) is 169 cm³/mol. The Morgan fingerprint density at radius 3 is 2.02 bits per heavy atom. The van der Waals surface area contributed by atoms with Gasteiger partial charge in [0, 0.05) is 13.0 Å². The molecule has 2 aromatic carbocycles. The van der Waals surface area contributed by atoms with Crippen molar-refractivity contribution in [2.24, 2.45) is 0 Å². The molecule has 3 unspecified atom stereocenters. The maximum absolute atomic E-state index is 14.2. The Morgan fingerprint density at radius 2 is 1.50 bits per heavy atom. The highest BCUT2D eigenvalue weighted by atomic mass is 16.6. The van der Waals surface area contributed by atoms with Gasteiger partial charge in [-0.1, -0.05) is 54.6 Å². The second kappa shape index (κ2) is 15.5. The minimum absolute atomic E-state index is 0.105. The zero-order valence-electron chi connectivity index (χ0n) is 27.1. The Kier molecular flexibility index (Phi) is 12.7. The van der Waals surface area contributed by atoms with Crippen LogP contribution in [-0.2, 0) is 30.3 Å². The molecular formula is C34H47N3O7. The summed E-state index contributed by atoms with van der Waals surface area (Å²) in [6.45, 7) is 16.9. The van der Waals surface area contributed by atoms with Crippen LogP contribution >= 0.6 is 0 Å². The molecule has 0 aliphatic rings. The number of aryl methyl sites for hydroxylation is 2. The van der Waals surface area contributed by atoms with E-state index in [0.29, 0.717) is 5.56 Å². The first-order valence-electron chi connectivity index (χ1n) is 14.6. The van der Waals surface area contributed by atoms with Crippen molar-refractivity contribution in [3.8, 4) is 0 Å². The van der Waals surface area contributed by atoms with E-state index in [1.807, 2.05) is 50.2 Å². The van der Waals surface area contributed by atoms with Crippen molar-refractivity contribution in [2.75, 3.05) is 13.2 Å². The molecule has 0 aliphatic heterocycles. The van der Waals surface area contributed by atoms with Crippen molar-refractivity contribution in [1.82, 2.24) is 15.5 Å². The smallest absolute Gasteiger partial charge is 0.408 e. The van der Waals surface area contributed by atoms with Gasteiger partial charge in [-0.3, -0.25) is 9.59 Å². The fourth-order valence-electron chi connectivity index (χ4n) is 4.37. The van der Waals surface area contributed by atoms with Crippen LogP contribution in [0.15, 0.2) is 61.2 Å². The molecule has 0 saturated carbocycles. The minimum Gasteiger partial charge on any atom is -0.458 e. The molecule has 10 heteroatoms. The molecule has 2 rings (SSSR count). The number of amides is 3. The molecule has 2 aromatic rings. The highest BCUT2D eigenvalue weighted by Crippen LogP contribution is 2.26. The van der Waals surface area contributed by atoms with Crippen molar-refractivity contribution in [2.45, 2.75) is 91.1 Å². The Balaban J connectivity index is 2.56. The fourth-order valence-corrected chi connectivity index (χ4v) is 4.37. The molecule has 0 spiro atoms. The molecule has 0 bridgehead atoms. The summed E-state index contributed by atoms with van der Waals surface area (Å²) in [4.78, 5) is 55.2. The van der Waals surface area contributed by atoms with Gasteiger partial charge in [0.1, 0.15) is 29.3 Å². The SMILES string of the molecule is C=CCN(C(=O)C(CO)NC(=O)OC(C)(C)C)C(C(=O)NC(Cc1ccccc1)C(=O)OC(C)(C)C)c1ccc(C)c(C)c1. The van der Waals surface area contributed by atoms with Crippen molar-refractivity contribution in [3.63, 3.8) is 0 Å². The first kappa shape index (κ1) is 36.0. The Labute approximate surface area is 260 Å².